The summed E-state index contributed by atoms with van der Waals surface area (Å²) in [6, 6.07) is 16.5. The molecule has 0 atom stereocenters. The van der Waals surface area contributed by atoms with Crippen molar-refractivity contribution in [2.24, 2.45) is 0 Å². The number of aromatic nitrogens is 2. The van der Waals surface area contributed by atoms with Crippen LogP contribution in [0.15, 0.2) is 54.6 Å². The number of ether oxygens (including phenoxy) is 1. The van der Waals surface area contributed by atoms with Crippen molar-refractivity contribution >= 4 is 23.1 Å². The zero-order valence-corrected chi connectivity index (χ0v) is 14.9. The summed E-state index contributed by atoms with van der Waals surface area (Å²) in [4.78, 5) is 12.3. The van der Waals surface area contributed by atoms with Gasteiger partial charge in [0.1, 0.15) is 5.75 Å². The molecule has 6 heteroatoms. The van der Waals surface area contributed by atoms with Gasteiger partial charge in [0.25, 0.3) is 5.91 Å². The maximum atomic E-state index is 12.3. The lowest BCUT2D eigenvalue weighted by Crippen LogP contribution is -2.14. The third-order valence-electron chi connectivity index (χ3n) is 4.02. The fourth-order valence-corrected chi connectivity index (χ4v) is 2.36. The zero-order valence-electron chi connectivity index (χ0n) is 14.9. The minimum atomic E-state index is -0.319. The van der Waals surface area contributed by atoms with Crippen molar-refractivity contribution in [1.29, 1.82) is 0 Å². The highest BCUT2D eigenvalue weighted by atomic mass is 16.5. The summed E-state index contributed by atoms with van der Waals surface area (Å²) in [6.45, 7) is 4.12. The molecule has 0 radical (unpaired) electrons. The van der Waals surface area contributed by atoms with Gasteiger partial charge in [0, 0.05) is 11.4 Å². The van der Waals surface area contributed by atoms with E-state index in [1.165, 1.54) is 11.1 Å². The molecular formula is C20H20N4O2. The van der Waals surface area contributed by atoms with Gasteiger partial charge in [-0.05, 0) is 73.5 Å². The second-order valence-electron chi connectivity index (χ2n) is 5.91. The van der Waals surface area contributed by atoms with Crippen LogP contribution in [0.2, 0.25) is 0 Å². The van der Waals surface area contributed by atoms with Gasteiger partial charge >= 0.3 is 0 Å². The minimum Gasteiger partial charge on any atom is -0.497 e. The number of hydrogen-bond donors (Lipinski definition) is 2. The Morgan fingerprint density at radius 2 is 1.62 bits per heavy atom. The number of aryl methyl sites for hydroxylation is 2. The van der Waals surface area contributed by atoms with E-state index in [1.54, 1.807) is 43.5 Å². The number of rotatable bonds is 5. The number of carbonyl (C=O) groups excluding carboxylic acids is 1. The highest BCUT2D eigenvalue weighted by Gasteiger charge is 2.09. The second kappa shape index (κ2) is 7.65. The van der Waals surface area contributed by atoms with E-state index in [2.05, 4.69) is 34.7 Å². The van der Waals surface area contributed by atoms with Crippen LogP contribution in [0.5, 0.6) is 5.75 Å². The first-order valence-electron chi connectivity index (χ1n) is 8.18. The Balaban J connectivity index is 1.66. The normalized spacial score (nSPS) is 10.3. The van der Waals surface area contributed by atoms with Crippen molar-refractivity contribution in [2.75, 3.05) is 17.7 Å². The predicted molar refractivity (Wildman–Crippen MR) is 102 cm³/mol. The van der Waals surface area contributed by atoms with E-state index < -0.39 is 0 Å². The minimum absolute atomic E-state index is 0.242. The van der Waals surface area contributed by atoms with Crippen LogP contribution in [0.4, 0.5) is 17.2 Å². The fraction of sp³-hybridized carbons (Fsp3) is 0.150. The molecule has 2 aromatic carbocycles. The molecule has 0 saturated heterocycles. The Kier molecular flexibility index (Phi) is 5.12. The van der Waals surface area contributed by atoms with Gasteiger partial charge in [-0.2, -0.15) is 0 Å². The quantitative estimate of drug-likeness (QED) is 0.726. The molecule has 1 aromatic heterocycles. The smallest absolute Gasteiger partial charge is 0.276 e. The summed E-state index contributed by atoms with van der Waals surface area (Å²) in [6.07, 6.45) is 0. The molecule has 132 valence electrons. The average molecular weight is 348 g/mol. The summed E-state index contributed by atoms with van der Waals surface area (Å²) in [5.41, 5.74) is 4.25. The Labute approximate surface area is 152 Å². The van der Waals surface area contributed by atoms with Crippen molar-refractivity contribution in [2.45, 2.75) is 13.8 Å². The van der Waals surface area contributed by atoms with Gasteiger partial charge in [-0.3, -0.25) is 4.79 Å². The van der Waals surface area contributed by atoms with Crippen LogP contribution in [0, 0.1) is 13.8 Å². The topological polar surface area (TPSA) is 76.1 Å². The summed E-state index contributed by atoms with van der Waals surface area (Å²) in [7, 11) is 1.59. The molecule has 0 aliphatic carbocycles. The van der Waals surface area contributed by atoms with Crippen LogP contribution in [0.1, 0.15) is 21.6 Å². The van der Waals surface area contributed by atoms with Crippen LogP contribution in [-0.4, -0.2) is 23.2 Å². The van der Waals surface area contributed by atoms with Crippen LogP contribution in [0.25, 0.3) is 0 Å². The van der Waals surface area contributed by atoms with Crippen molar-refractivity contribution in [3.63, 3.8) is 0 Å². The Morgan fingerprint density at radius 1 is 0.885 bits per heavy atom. The molecule has 1 amide bonds. The average Bonchev–Trinajstić information content (AvgIpc) is 2.66. The number of carbonyl (C=O) groups is 1. The van der Waals surface area contributed by atoms with Crippen molar-refractivity contribution in [3.05, 3.63) is 71.4 Å². The molecule has 26 heavy (non-hydrogen) atoms. The van der Waals surface area contributed by atoms with Crippen LogP contribution >= 0.6 is 0 Å². The molecule has 0 fully saturated rings. The maximum Gasteiger partial charge on any atom is 0.276 e. The lowest BCUT2D eigenvalue weighted by molar-refractivity contribution is 0.102. The number of methoxy groups -OCH3 is 1. The number of hydrogen-bond acceptors (Lipinski definition) is 5. The molecule has 3 rings (SSSR count). The summed E-state index contributed by atoms with van der Waals surface area (Å²) < 4.78 is 5.09. The largest absolute Gasteiger partial charge is 0.497 e. The number of nitrogens with zero attached hydrogens (tertiary/aromatic N) is 2. The third-order valence-corrected chi connectivity index (χ3v) is 4.02. The zero-order chi connectivity index (χ0) is 18.5. The molecule has 2 N–H and O–H groups in total. The first-order chi connectivity index (χ1) is 12.5. The summed E-state index contributed by atoms with van der Waals surface area (Å²) in [5.74, 6) is 0.985. The van der Waals surface area contributed by atoms with Gasteiger partial charge < -0.3 is 15.4 Å². The lowest BCUT2D eigenvalue weighted by atomic mass is 10.1. The monoisotopic (exact) mass is 348 g/mol. The third kappa shape index (κ3) is 4.16. The van der Waals surface area contributed by atoms with Crippen molar-refractivity contribution in [1.82, 2.24) is 10.2 Å². The molecule has 0 spiro atoms. The van der Waals surface area contributed by atoms with Gasteiger partial charge in [-0.25, -0.2) is 0 Å². The number of benzene rings is 2. The number of nitrogens with one attached hydrogen (secondary N) is 2. The Morgan fingerprint density at radius 3 is 2.23 bits per heavy atom. The lowest BCUT2D eigenvalue weighted by Gasteiger charge is -2.08. The first-order valence-corrected chi connectivity index (χ1v) is 8.18. The van der Waals surface area contributed by atoms with Crippen molar-refractivity contribution in [3.8, 4) is 5.75 Å². The Hall–Kier alpha value is -3.41. The molecule has 0 bridgehead atoms. The predicted octanol–water partition coefficient (Wildman–Crippen LogP) is 4.10. The van der Waals surface area contributed by atoms with E-state index in [4.69, 9.17) is 4.74 Å². The molecule has 0 unspecified atom stereocenters. The van der Waals surface area contributed by atoms with E-state index in [-0.39, 0.29) is 11.6 Å². The van der Waals surface area contributed by atoms with Gasteiger partial charge in [0.05, 0.1) is 7.11 Å². The molecule has 6 nitrogen and oxygen atoms in total. The van der Waals surface area contributed by atoms with Crippen LogP contribution < -0.4 is 15.4 Å². The van der Waals surface area contributed by atoms with E-state index in [0.29, 0.717) is 11.5 Å². The van der Waals surface area contributed by atoms with E-state index in [1.807, 2.05) is 18.2 Å². The Bertz CT molecular complexity index is 906. The van der Waals surface area contributed by atoms with Crippen molar-refractivity contribution < 1.29 is 9.53 Å². The van der Waals surface area contributed by atoms with E-state index in [9.17, 15) is 4.79 Å². The van der Waals surface area contributed by atoms with E-state index >= 15 is 0 Å². The maximum absolute atomic E-state index is 12.3. The SMILES string of the molecule is COc1ccc(NC(=O)c2ccc(Nc3ccc(C)c(C)c3)nn2)cc1. The molecule has 3 aromatic rings. The first kappa shape index (κ1) is 17.4. The van der Waals surface area contributed by atoms with Gasteiger partial charge in [-0.1, -0.05) is 6.07 Å². The molecule has 0 saturated carbocycles. The summed E-state index contributed by atoms with van der Waals surface area (Å²) >= 11 is 0. The van der Waals surface area contributed by atoms with Gasteiger partial charge in [0.2, 0.25) is 0 Å². The molecule has 0 aliphatic rings. The van der Waals surface area contributed by atoms with E-state index in [0.717, 1.165) is 11.4 Å². The van der Waals surface area contributed by atoms with Gasteiger partial charge in [-0.15, -0.1) is 10.2 Å². The molecular weight excluding hydrogens is 328 g/mol. The standard InChI is InChI=1S/C20H20N4O2/c1-13-4-5-16(12-14(13)2)21-19-11-10-18(23-24-19)20(25)22-15-6-8-17(26-3)9-7-15/h4-12H,1-3H3,(H,21,24)(H,22,25). The number of amides is 1. The van der Waals surface area contributed by atoms with Crippen LogP contribution in [-0.2, 0) is 0 Å². The molecule has 0 aliphatic heterocycles. The highest BCUT2D eigenvalue weighted by molar-refractivity contribution is 6.02. The number of anilines is 3. The second-order valence-corrected chi connectivity index (χ2v) is 5.91. The summed E-state index contributed by atoms with van der Waals surface area (Å²) in [5, 5.41) is 14.0. The highest BCUT2D eigenvalue weighted by Crippen LogP contribution is 2.18. The van der Waals surface area contributed by atoms with Crippen LogP contribution in [0.3, 0.4) is 0 Å². The fourth-order valence-electron chi connectivity index (χ4n) is 2.36. The van der Waals surface area contributed by atoms with Gasteiger partial charge in [0.15, 0.2) is 11.5 Å². The molecule has 1 heterocycles.